The van der Waals surface area contributed by atoms with Gasteiger partial charge < -0.3 is 15.0 Å². The van der Waals surface area contributed by atoms with Crippen LogP contribution < -0.4 is 5.32 Å². The Hall–Kier alpha value is -2.42. The molecule has 0 aliphatic carbocycles. The summed E-state index contributed by atoms with van der Waals surface area (Å²) in [6.45, 7) is -0.701. The molecule has 0 aliphatic rings. The van der Waals surface area contributed by atoms with Crippen molar-refractivity contribution >= 4 is 27.6 Å². The van der Waals surface area contributed by atoms with E-state index in [1.54, 1.807) is 18.2 Å². The maximum absolute atomic E-state index is 12.0. The Labute approximate surface area is 140 Å². The molecule has 0 bridgehead atoms. The van der Waals surface area contributed by atoms with Crippen LogP contribution in [-0.2, 0) is 29.0 Å². The number of carbonyl (C=O) groups is 3. The molecule has 8 nitrogen and oxygen atoms in total. The van der Waals surface area contributed by atoms with Gasteiger partial charge >= 0.3 is 5.97 Å². The Bertz CT molecular complexity index is 687. The monoisotopic (exact) mass is 356 g/mol. The minimum atomic E-state index is -3.58. The highest BCUT2D eigenvalue weighted by Gasteiger charge is 2.18. The second-order valence-corrected chi connectivity index (χ2v) is 7.07. The standard InChI is InChI=1S/C15H20N2O6S/c1-16-13(18)10-17(2)14(19)11-23-15(20)8-9-24(21,22)12-6-4-3-5-7-12/h3-7H,8-11H2,1-2H3,(H,16,18). The van der Waals surface area contributed by atoms with Crippen LogP contribution in [0.25, 0.3) is 0 Å². The summed E-state index contributed by atoms with van der Waals surface area (Å²) in [5.74, 6) is -2.11. The number of esters is 1. The molecule has 1 aromatic rings. The smallest absolute Gasteiger partial charge is 0.307 e. The fourth-order valence-corrected chi connectivity index (χ4v) is 2.91. The molecule has 0 fully saturated rings. The van der Waals surface area contributed by atoms with E-state index in [0.29, 0.717) is 0 Å². The van der Waals surface area contributed by atoms with Crippen molar-refractivity contribution in [2.45, 2.75) is 11.3 Å². The highest BCUT2D eigenvalue weighted by Crippen LogP contribution is 2.11. The van der Waals surface area contributed by atoms with Crippen molar-refractivity contribution in [3.8, 4) is 0 Å². The minimum absolute atomic E-state index is 0.124. The van der Waals surface area contributed by atoms with E-state index < -0.39 is 34.1 Å². The van der Waals surface area contributed by atoms with Gasteiger partial charge in [0.15, 0.2) is 16.4 Å². The van der Waals surface area contributed by atoms with Gasteiger partial charge in [-0.2, -0.15) is 0 Å². The van der Waals surface area contributed by atoms with Gasteiger partial charge in [0.05, 0.1) is 23.6 Å². The highest BCUT2D eigenvalue weighted by atomic mass is 32.2. The number of nitrogens with zero attached hydrogens (tertiary/aromatic N) is 1. The topological polar surface area (TPSA) is 110 Å². The van der Waals surface area contributed by atoms with Gasteiger partial charge in [0.1, 0.15) is 0 Å². The minimum Gasteiger partial charge on any atom is -0.456 e. The van der Waals surface area contributed by atoms with Crippen molar-refractivity contribution in [3.63, 3.8) is 0 Å². The van der Waals surface area contributed by atoms with Crippen LogP contribution >= 0.6 is 0 Å². The van der Waals surface area contributed by atoms with Crippen molar-refractivity contribution in [3.05, 3.63) is 30.3 Å². The third-order valence-corrected chi connectivity index (χ3v) is 4.85. The van der Waals surface area contributed by atoms with E-state index in [1.165, 1.54) is 26.2 Å². The van der Waals surface area contributed by atoms with Gasteiger partial charge in [-0.25, -0.2) is 8.42 Å². The lowest BCUT2D eigenvalue weighted by atomic mass is 10.4. The summed E-state index contributed by atoms with van der Waals surface area (Å²) in [7, 11) is -0.746. The quantitative estimate of drug-likeness (QED) is 0.635. The molecule has 0 heterocycles. The van der Waals surface area contributed by atoms with Crippen LogP contribution in [0.1, 0.15) is 6.42 Å². The Balaban J connectivity index is 2.42. The number of rotatable bonds is 8. The lowest BCUT2D eigenvalue weighted by Crippen LogP contribution is -2.39. The van der Waals surface area contributed by atoms with Crippen molar-refractivity contribution in [2.75, 3.05) is 33.0 Å². The van der Waals surface area contributed by atoms with Gasteiger partial charge in [0, 0.05) is 14.1 Å². The number of benzene rings is 1. The molecule has 0 unspecified atom stereocenters. The van der Waals surface area contributed by atoms with Crippen molar-refractivity contribution in [1.29, 1.82) is 0 Å². The molecular formula is C15H20N2O6S. The lowest BCUT2D eigenvalue weighted by molar-refractivity contribution is -0.151. The zero-order valence-corrected chi connectivity index (χ0v) is 14.3. The Kier molecular flexibility index (Phi) is 7.37. The Morgan fingerprint density at radius 2 is 1.79 bits per heavy atom. The first kappa shape index (κ1) is 19.6. The average Bonchev–Trinajstić information content (AvgIpc) is 2.58. The molecule has 2 amide bonds. The summed E-state index contributed by atoms with van der Waals surface area (Å²) in [5, 5.41) is 2.36. The van der Waals surface area contributed by atoms with Crippen LogP contribution in [0.3, 0.4) is 0 Å². The number of hydrogen-bond donors (Lipinski definition) is 1. The number of sulfone groups is 1. The van der Waals surface area contributed by atoms with Crippen LogP contribution in [0.5, 0.6) is 0 Å². The molecule has 24 heavy (non-hydrogen) atoms. The molecule has 1 N–H and O–H groups in total. The Morgan fingerprint density at radius 1 is 1.17 bits per heavy atom. The maximum atomic E-state index is 12.0. The summed E-state index contributed by atoms with van der Waals surface area (Å²) < 4.78 is 28.8. The van der Waals surface area contributed by atoms with Crippen molar-refractivity contribution in [1.82, 2.24) is 10.2 Å². The summed E-state index contributed by atoms with van der Waals surface area (Å²) in [5.41, 5.74) is 0. The van der Waals surface area contributed by atoms with Crippen LogP contribution in [0, 0.1) is 0 Å². The molecule has 0 atom stereocenters. The van der Waals surface area contributed by atoms with E-state index in [0.717, 1.165) is 4.90 Å². The normalized spacial score (nSPS) is 10.8. The van der Waals surface area contributed by atoms with Gasteiger partial charge in [0.2, 0.25) is 5.91 Å². The largest absolute Gasteiger partial charge is 0.456 e. The first-order valence-electron chi connectivity index (χ1n) is 7.14. The molecule has 0 aromatic heterocycles. The maximum Gasteiger partial charge on any atom is 0.307 e. The second kappa shape index (κ2) is 9.02. The zero-order chi connectivity index (χ0) is 18.2. The highest BCUT2D eigenvalue weighted by molar-refractivity contribution is 7.91. The number of nitrogens with one attached hydrogen (secondary N) is 1. The fraction of sp³-hybridized carbons (Fsp3) is 0.400. The number of hydrogen-bond acceptors (Lipinski definition) is 6. The van der Waals surface area contributed by atoms with Crippen LogP contribution in [0.15, 0.2) is 35.2 Å². The molecule has 132 valence electrons. The number of carbonyl (C=O) groups excluding carboxylic acids is 3. The lowest BCUT2D eigenvalue weighted by Gasteiger charge is -2.15. The third kappa shape index (κ3) is 6.37. The van der Waals surface area contributed by atoms with Crippen LogP contribution in [0.4, 0.5) is 0 Å². The first-order chi connectivity index (χ1) is 11.3. The SMILES string of the molecule is CNC(=O)CN(C)C(=O)COC(=O)CCS(=O)(=O)c1ccccc1. The van der Waals surface area contributed by atoms with E-state index in [4.69, 9.17) is 4.74 Å². The second-order valence-electron chi connectivity index (χ2n) is 4.97. The van der Waals surface area contributed by atoms with Crippen molar-refractivity contribution in [2.24, 2.45) is 0 Å². The molecule has 1 aromatic carbocycles. The van der Waals surface area contributed by atoms with Gasteiger partial charge in [-0.3, -0.25) is 14.4 Å². The van der Waals surface area contributed by atoms with E-state index in [-0.39, 0.29) is 23.8 Å². The number of ether oxygens (including phenoxy) is 1. The molecular weight excluding hydrogens is 336 g/mol. The molecule has 9 heteroatoms. The summed E-state index contributed by atoms with van der Waals surface area (Å²) in [6, 6.07) is 7.75. The zero-order valence-electron chi connectivity index (χ0n) is 13.5. The molecule has 0 radical (unpaired) electrons. The fourth-order valence-electron chi connectivity index (χ4n) is 1.67. The average molecular weight is 356 g/mol. The molecule has 1 rings (SSSR count). The van der Waals surface area contributed by atoms with Gasteiger partial charge in [0.25, 0.3) is 5.91 Å². The molecule has 0 saturated heterocycles. The van der Waals surface area contributed by atoms with E-state index in [1.807, 2.05) is 0 Å². The number of likely N-dealkylation sites (N-methyl/N-ethyl adjacent to an activating group) is 2. The third-order valence-electron chi connectivity index (χ3n) is 3.12. The van der Waals surface area contributed by atoms with Gasteiger partial charge in [-0.1, -0.05) is 18.2 Å². The number of amides is 2. The molecule has 0 spiro atoms. The first-order valence-corrected chi connectivity index (χ1v) is 8.79. The summed E-state index contributed by atoms with van der Waals surface area (Å²) in [4.78, 5) is 35.6. The summed E-state index contributed by atoms with van der Waals surface area (Å²) >= 11 is 0. The van der Waals surface area contributed by atoms with E-state index >= 15 is 0 Å². The van der Waals surface area contributed by atoms with Gasteiger partial charge in [-0.05, 0) is 12.1 Å². The van der Waals surface area contributed by atoms with Crippen LogP contribution in [0.2, 0.25) is 0 Å². The predicted molar refractivity (Wildman–Crippen MR) is 85.8 cm³/mol. The summed E-state index contributed by atoms with van der Waals surface area (Å²) in [6.07, 6.45) is -0.357. The predicted octanol–water partition coefficient (Wildman–Crippen LogP) is -0.402. The van der Waals surface area contributed by atoms with E-state index in [9.17, 15) is 22.8 Å². The van der Waals surface area contributed by atoms with Gasteiger partial charge in [-0.15, -0.1) is 0 Å². The van der Waals surface area contributed by atoms with Crippen molar-refractivity contribution < 1.29 is 27.5 Å². The Morgan fingerprint density at radius 3 is 2.38 bits per heavy atom. The molecule has 0 saturated carbocycles. The molecule has 0 aliphatic heterocycles. The van der Waals surface area contributed by atoms with E-state index in [2.05, 4.69) is 5.32 Å². The van der Waals surface area contributed by atoms with Crippen LogP contribution in [-0.4, -0.2) is 64.1 Å².